The van der Waals surface area contributed by atoms with E-state index in [0.717, 1.165) is 12.3 Å². The Morgan fingerprint density at radius 2 is 1.91 bits per heavy atom. The fraction of sp³-hybridized carbons (Fsp3) is 0.636. The first-order chi connectivity index (χ1) is 4.72. The lowest BCUT2D eigenvalue weighted by molar-refractivity contribution is 0.470. The molecular weight excluding hydrogens is 132 g/mol. The van der Waals surface area contributed by atoms with Crippen molar-refractivity contribution in [3.63, 3.8) is 0 Å². The van der Waals surface area contributed by atoms with Gasteiger partial charge in [-0.15, -0.1) is 6.58 Å². The van der Waals surface area contributed by atoms with Crippen LogP contribution in [0.3, 0.4) is 0 Å². The van der Waals surface area contributed by atoms with Gasteiger partial charge in [-0.2, -0.15) is 0 Å². The summed E-state index contributed by atoms with van der Waals surface area (Å²) in [4.78, 5) is 0. The Bertz CT molecular complexity index is 109. The average molecular weight is 154 g/mol. The lowest BCUT2D eigenvalue weighted by atomic mass is 9.92. The molecule has 0 saturated carbocycles. The van der Waals surface area contributed by atoms with Crippen LogP contribution in [0.25, 0.3) is 0 Å². The molecule has 0 aromatic heterocycles. The Balaban J connectivity index is 0. The van der Waals surface area contributed by atoms with Gasteiger partial charge < -0.3 is 0 Å². The van der Waals surface area contributed by atoms with E-state index in [0.29, 0.717) is 5.92 Å². The highest BCUT2D eigenvalue weighted by Gasteiger charge is 2.05. The van der Waals surface area contributed by atoms with E-state index >= 15 is 0 Å². The van der Waals surface area contributed by atoms with E-state index in [2.05, 4.69) is 39.5 Å². The fourth-order valence-electron chi connectivity index (χ4n) is 1.01. The highest BCUT2D eigenvalue weighted by atomic mass is 14.1. The molecule has 0 aliphatic rings. The second-order valence-corrected chi connectivity index (χ2v) is 2.96. The van der Waals surface area contributed by atoms with Crippen molar-refractivity contribution in [3.05, 3.63) is 24.8 Å². The Labute approximate surface area is 72.0 Å². The molecule has 0 heteroatoms. The van der Waals surface area contributed by atoms with E-state index in [1.165, 1.54) is 0 Å². The first kappa shape index (κ1) is 13.1. The second kappa shape index (κ2) is 7.59. The zero-order valence-electron chi connectivity index (χ0n) is 7.30. The van der Waals surface area contributed by atoms with Gasteiger partial charge in [-0.05, 0) is 25.2 Å². The van der Waals surface area contributed by atoms with E-state index < -0.39 is 0 Å². The molecule has 0 rings (SSSR count). The Hall–Kier alpha value is -0.520. The van der Waals surface area contributed by atoms with Crippen LogP contribution in [0.2, 0.25) is 0 Å². The minimum atomic E-state index is 0. The molecule has 0 aromatic rings. The molecule has 0 unspecified atom stereocenters. The van der Waals surface area contributed by atoms with Crippen molar-refractivity contribution in [3.8, 4) is 0 Å². The molecule has 0 nitrogen and oxygen atoms in total. The number of hydrogen-bond acceptors (Lipinski definition) is 0. The summed E-state index contributed by atoms with van der Waals surface area (Å²) in [6, 6.07) is 0. The Kier molecular flexibility index (Phi) is 9.03. The summed E-state index contributed by atoms with van der Waals surface area (Å²) in [7, 11) is 0. The fourth-order valence-corrected chi connectivity index (χ4v) is 1.01. The van der Waals surface area contributed by atoms with Gasteiger partial charge >= 0.3 is 0 Å². The van der Waals surface area contributed by atoms with Crippen LogP contribution < -0.4 is 0 Å². The van der Waals surface area contributed by atoms with Gasteiger partial charge in [0.2, 0.25) is 0 Å². The molecule has 0 spiro atoms. The molecule has 0 aliphatic heterocycles. The van der Waals surface area contributed by atoms with Crippen LogP contribution in [-0.4, -0.2) is 0 Å². The van der Waals surface area contributed by atoms with Gasteiger partial charge in [0.1, 0.15) is 0 Å². The summed E-state index contributed by atoms with van der Waals surface area (Å²) in [6.45, 7) is 10.3. The summed E-state index contributed by atoms with van der Waals surface area (Å²) >= 11 is 0. The number of allylic oxidation sites excluding steroid dienone is 3. The smallest absolute Gasteiger partial charge is 0.0176 e. The van der Waals surface area contributed by atoms with Crippen molar-refractivity contribution in [2.24, 2.45) is 11.8 Å². The quantitative estimate of drug-likeness (QED) is 0.536. The van der Waals surface area contributed by atoms with Crippen molar-refractivity contribution in [1.82, 2.24) is 0 Å². The van der Waals surface area contributed by atoms with E-state index in [4.69, 9.17) is 0 Å². The van der Waals surface area contributed by atoms with Gasteiger partial charge in [0.05, 0.1) is 0 Å². The second-order valence-electron chi connectivity index (χ2n) is 2.96. The van der Waals surface area contributed by atoms with Crippen molar-refractivity contribution in [2.45, 2.75) is 34.6 Å². The third kappa shape index (κ3) is 5.90. The van der Waals surface area contributed by atoms with Crippen LogP contribution in [0.5, 0.6) is 0 Å². The monoisotopic (exact) mass is 154 g/mol. The molecule has 0 aliphatic carbocycles. The number of rotatable bonds is 4. The van der Waals surface area contributed by atoms with Crippen LogP contribution in [0.1, 0.15) is 34.6 Å². The van der Waals surface area contributed by atoms with Gasteiger partial charge in [-0.3, -0.25) is 0 Å². The maximum Gasteiger partial charge on any atom is -0.0176 e. The standard InChI is InChI=1S/C10H18.CH4/c1-5-7-10(8-6-2)9(3)4;/h5-6,8-10H,1,7H2,2-4H3;1H4/b8-6+;/t10-;/m0./s1. The predicted molar refractivity (Wildman–Crippen MR) is 54.7 cm³/mol. The van der Waals surface area contributed by atoms with Crippen LogP contribution >= 0.6 is 0 Å². The van der Waals surface area contributed by atoms with Crippen LogP contribution in [-0.2, 0) is 0 Å². The van der Waals surface area contributed by atoms with E-state index in [1.807, 2.05) is 6.08 Å². The molecule has 0 amide bonds. The molecule has 1 atom stereocenters. The van der Waals surface area contributed by atoms with E-state index in [-0.39, 0.29) is 7.43 Å². The molecule has 0 aromatic carbocycles. The Morgan fingerprint density at radius 3 is 2.18 bits per heavy atom. The van der Waals surface area contributed by atoms with Crippen molar-refractivity contribution < 1.29 is 0 Å². The maximum absolute atomic E-state index is 3.73. The van der Waals surface area contributed by atoms with Gasteiger partial charge in [-0.25, -0.2) is 0 Å². The first-order valence-corrected chi connectivity index (χ1v) is 3.96. The van der Waals surface area contributed by atoms with Crippen LogP contribution in [0, 0.1) is 11.8 Å². The highest BCUT2D eigenvalue weighted by molar-refractivity contribution is 4.90. The van der Waals surface area contributed by atoms with Gasteiger partial charge in [0.15, 0.2) is 0 Å². The third-order valence-electron chi connectivity index (χ3n) is 1.73. The topological polar surface area (TPSA) is 0 Å². The number of hydrogen-bond donors (Lipinski definition) is 0. The zero-order valence-corrected chi connectivity index (χ0v) is 7.30. The molecule has 0 N–H and O–H groups in total. The summed E-state index contributed by atoms with van der Waals surface area (Å²) in [5.41, 5.74) is 0. The summed E-state index contributed by atoms with van der Waals surface area (Å²) < 4.78 is 0. The van der Waals surface area contributed by atoms with Gasteiger partial charge in [0, 0.05) is 0 Å². The van der Waals surface area contributed by atoms with E-state index in [9.17, 15) is 0 Å². The molecule has 0 heterocycles. The SMILES string of the molecule is C.C=CC[C@@H](/C=C/C)C(C)C. The average Bonchev–Trinajstić information content (AvgIpc) is 1.87. The lowest BCUT2D eigenvalue weighted by Gasteiger charge is -2.13. The van der Waals surface area contributed by atoms with Crippen molar-refractivity contribution >= 4 is 0 Å². The summed E-state index contributed by atoms with van der Waals surface area (Å²) in [6.07, 6.45) is 7.47. The zero-order chi connectivity index (χ0) is 7.98. The maximum atomic E-state index is 3.73. The molecular formula is C11H22. The first-order valence-electron chi connectivity index (χ1n) is 3.96. The third-order valence-corrected chi connectivity index (χ3v) is 1.73. The van der Waals surface area contributed by atoms with Gasteiger partial charge in [-0.1, -0.05) is 39.5 Å². The largest absolute Gasteiger partial charge is 0.103 e. The normalized spacial score (nSPS) is 13.1. The molecule has 0 saturated heterocycles. The minimum Gasteiger partial charge on any atom is -0.103 e. The minimum absolute atomic E-state index is 0. The molecule has 0 radical (unpaired) electrons. The molecule has 66 valence electrons. The molecule has 11 heavy (non-hydrogen) atoms. The van der Waals surface area contributed by atoms with Crippen LogP contribution in [0.15, 0.2) is 24.8 Å². The molecule has 0 bridgehead atoms. The molecule has 0 fully saturated rings. The van der Waals surface area contributed by atoms with Crippen LogP contribution in [0.4, 0.5) is 0 Å². The summed E-state index contributed by atoms with van der Waals surface area (Å²) in [5.74, 6) is 1.41. The van der Waals surface area contributed by atoms with Gasteiger partial charge in [0.25, 0.3) is 0 Å². The van der Waals surface area contributed by atoms with E-state index in [1.54, 1.807) is 0 Å². The van der Waals surface area contributed by atoms with Crippen molar-refractivity contribution in [2.75, 3.05) is 0 Å². The highest BCUT2D eigenvalue weighted by Crippen LogP contribution is 2.16. The van der Waals surface area contributed by atoms with Crippen molar-refractivity contribution in [1.29, 1.82) is 0 Å². The lowest BCUT2D eigenvalue weighted by Crippen LogP contribution is -2.03. The predicted octanol–water partition coefficient (Wildman–Crippen LogP) is 4.05. The summed E-state index contributed by atoms with van der Waals surface area (Å²) in [5, 5.41) is 0. The Morgan fingerprint density at radius 1 is 1.36 bits per heavy atom.